The van der Waals surface area contributed by atoms with Gasteiger partial charge in [-0.05, 0) is 30.3 Å². The van der Waals surface area contributed by atoms with Crippen LogP contribution >= 0.6 is 23.2 Å². The van der Waals surface area contributed by atoms with Crippen LogP contribution in [0.3, 0.4) is 0 Å². The van der Waals surface area contributed by atoms with E-state index < -0.39 is 0 Å². The maximum Gasteiger partial charge on any atom is 0.248 e. The van der Waals surface area contributed by atoms with Gasteiger partial charge in [-0.2, -0.15) is 0 Å². The normalized spacial score (nSPS) is 10.9. The van der Waals surface area contributed by atoms with E-state index in [-0.39, 0.29) is 5.91 Å². The number of carbonyl (C=O) groups excluding carboxylic acids is 1. The van der Waals surface area contributed by atoms with Crippen LogP contribution in [-0.2, 0) is 11.3 Å². The smallest absolute Gasteiger partial charge is 0.248 e. The highest BCUT2D eigenvalue weighted by molar-refractivity contribution is 6.37. The number of imidazole rings is 1. The molecule has 7 heteroatoms. The Hall–Kier alpha value is -2.76. The molecule has 1 aromatic heterocycles. The van der Waals surface area contributed by atoms with Crippen molar-refractivity contribution in [1.82, 2.24) is 9.55 Å². The zero-order chi connectivity index (χ0) is 19.1. The summed E-state index contributed by atoms with van der Waals surface area (Å²) in [5.74, 6) is 0.382. The second-order valence-corrected chi connectivity index (χ2v) is 6.45. The van der Waals surface area contributed by atoms with Crippen LogP contribution in [0.1, 0.15) is 5.56 Å². The van der Waals surface area contributed by atoms with Crippen LogP contribution in [0.4, 0.5) is 5.69 Å². The number of halogens is 2. The van der Waals surface area contributed by atoms with Crippen molar-refractivity contribution in [2.24, 2.45) is 0 Å². The fourth-order valence-corrected chi connectivity index (χ4v) is 2.89. The van der Waals surface area contributed by atoms with Crippen LogP contribution in [0.15, 0.2) is 67.3 Å². The van der Waals surface area contributed by atoms with E-state index in [0.29, 0.717) is 40.2 Å². The molecule has 3 rings (SSSR count). The van der Waals surface area contributed by atoms with Crippen molar-refractivity contribution < 1.29 is 9.53 Å². The molecule has 1 amide bonds. The van der Waals surface area contributed by atoms with Crippen LogP contribution in [0, 0.1) is 0 Å². The first-order valence-electron chi connectivity index (χ1n) is 8.23. The molecule has 27 heavy (non-hydrogen) atoms. The first kappa shape index (κ1) is 19.0. The molecule has 0 saturated heterocycles. The third-order valence-corrected chi connectivity index (χ3v) is 4.34. The maximum absolute atomic E-state index is 12.2. The molecule has 0 aliphatic carbocycles. The van der Waals surface area contributed by atoms with Crippen molar-refractivity contribution in [1.29, 1.82) is 0 Å². The van der Waals surface area contributed by atoms with Crippen molar-refractivity contribution in [3.63, 3.8) is 0 Å². The molecule has 0 bridgehead atoms. The van der Waals surface area contributed by atoms with Gasteiger partial charge in [-0.25, -0.2) is 4.98 Å². The number of nitrogens with zero attached hydrogens (tertiary/aromatic N) is 2. The lowest BCUT2D eigenvalue weighted by molar-refractivity contribution is -0.111. The second-order valence-electron chi connectivity index (χ2n) is 5.63. The lowest BCUT2D eigenvalue weighted by Crippen LogP contribution is -2.09. The van der Waals surface area contributed by atoms with Gasteiger partial charge in [-0.3, -0.25) is 4.79 Å². The number of ether oxygens (including phenoxy) is 1. The second kappa shape index (κ2) is 9.26. The highest BCUT2D eigenvalue weighted by Crippen LogP contribution is 2.25. The van der Waals surface area contributed by atoms with E-state index in [0.717, 1.165) is 0 Å². The molecule has 0 saturated carbocycles. The molecular weight excluding hydrogens is 385 g/mol. The molecule has 3 aromatic rings. The monoisotopic (exact) mass is 401 g/mol. The zero-order valence-electron chi connectivity index (χ0n) is 14.3. The topological polar surface area (TPSA) is 56.1 Å². The number of hydrogen-bond acceptors (Lipinski definition) is 3. The highest BCUT2D eigenvalue weighted by atomic mass is 35.5. The Bertz CT molecular complexity index is 920. The van der Waals surface area contributed by atoms with E-state index in [2.05, 4.69) is 10.3 Å². The molecule has 138 valence electrons. The van der Waals surface area contributed by atoms with Gasteiger partial charge in [0.1, 0.15) is 12.4 Å². The fraction of sp³-hybridized carbons (Fsp3) is 0.100. The Labute approximate surface area is 167 Å². The van der Waals surface area contributed by atoms with Gasteiger partial charge in [-0.1, -0.05) is 35.3 Å². The Morgan fingerprint density at radius 1 is 1.19 bits per heavy atom. The molecule has 0 spiro atoms. The summed E-state index contributed by atoms with van der Waals surface area (Å²) >= 11 is 12.2. The van der Waals surface area contributed by atoms with E-state index in [4.69, 9.17) is 27.9 Å². The Kier molecular flexibility index (Phi) is 6.52. The largest absolute Gasteiger partial charge is 0.492 e. The van der Waals surface area contributed by atoms with E-state index >= 15 is 0 Å². The summed E-state index contributed by atoms with van der Waals surface area (Å²) in [6.45, 7) is 1.19. The van der Waals surface area contributed by atoms with Gasteiger partial charge < -0.3 is 14.6 Å². The summed E-state index contributed by atoms with van der Waals surface area (Å²) in [6.07, 6.45) is 8.31. The minimum absolute atomic E-state index is 0.290. The van der Waals surface area contributed by atoms with Crippen molar-refractivity contribution in [2.45, 2.75) is 6.54 Å². The van der Waals surface area contributed by atoms with Gasteiger partial charge in [0.2, 0.25) is 5.91 Å². The molecule has 1 heterocycles. The van der Waals surface area contributed by atoms with E-state index in [1.165, 1.54) is 6.08 Å². The predicted octanol–water partition coefficient (Wildman–Crippen LogP) is 4.92. The molecule has 1 N–H and O–H groups in total. The molecule has 5 nitrogen and oxygen atoms in total. The van der Waals surface area contributed by atoms with E-state index in [1.54, 1.807) is 48.9 Å². The average molecular weight is 402 g/mol. The molecule has 0 atom stereocenters. The van der Waals surface area contributed by atoms with Crippen molar-refractivity contribution in [3.8, 4) is 5.75 Å². The first-order valence-corrected chi connectivity index (χ1v) is 8.99. The van der Waals surface area contributed by atoms with Gasteiger partial charge >= 0.3 is 0 Å². The number of rotatable bonds is 7. The predicted molar refractivity (Wildman–Crippen MR) is 108 cm³/mol. The number of hydrogen-bond donors (Lipinski definition) is 1. The van der Waals surface area contributed by atoms with E-state index in [9.17, 15) is 4.79 Å². The van der Waals surface area contributed by atoms with E-state index in [1.807, 2.05) is 22.9 Å². The zero-order valence-corrected chi connectivity index (χ0v) is 15.8. The van der Waals surface area contributed by atoms with Crippen LogP contribution in [0.5, 0.6) is 5.75 Å². The van der Waals surface area contributed by atoms with Crippen molar-refractivity contribution in [3.05, 3.63) is 82.9 Å². The van der Waals surface area contributed by atoms with Gasteiger partial charge in [0, 0.05) is 45.8 Å². The molecular formula is C20H17Cl2N3O2. The Morgan fingerprint density at radius 2 is 1.96 bits per heavy atom. The summed E-state index contributed by atoms with van der Waals surface area (Å²) in [5.41, 5.74) is 1.24. The summed E-state index contributed by atoms with van der Waals surface area (Å²) in [6, 6.07) is 12.4. The minimum atomic E-state index is -0.290. The number of amides is 1. The number of aromatic nitrogens is 2. The SMILES string of the molecule is O=C(/C=C/c1c(Cl)cccc1Cl)Nc1cccc(OCCn2ccnc2)c1. The number of nitrogens with one attached hydrogen (secondary N) is 1. The lowest BCUT2D eigenvalue weighted by Gasteiger charge is -2.09. The standard InChI is InChI=1S/C20H17Cl2N3O2/c21-18-5-2-6-19(22)17(18)7-8-20(26)24-15-3-1-4-16(13-15)27-12-11-25-10-9-23-14-25/h1-10,13-14H,11-12H2,(H,24,26)/b8-7+. The third-order valence-electron chi connectivity index (χ3n) is 3.68. The number of benzene rings is 2. The quantitative estimate of drug-likeness (QED) is 0.571. The molecule has 0 aliphatic rings. The first-order chi connectivity index (χ1) is 13.1. The van der Waals surface area contributed by atoms with Gasteiger partial charge in [0.15, 0.2) is 0 Å². The number of carbonyl (C=O) groups is 1. The van der Waals surface area contributed by atoms with Crippen LogP contribution in [0.25, 0.3) is 6.08 Å². The van der Waals surface area contributed by atoms with Crippen LogP contribution < -0.4 is 10.1 Å². The average Bonchev–Trinajstić information content (AvgIpc) is 3.15. The summed E-state index contributed by atoms with van der Waals surface area (Å²) in [5, 5.41) is 3.76. The van der Waals surface area contributed by atoms with Gasteiger partial charge in [0.25, 0.3) is 0 Å². The summed E-state index contributed by atoms with van der Waals surface area (Å²) in [4.78, 5) is 16.1. The molecule has 2 aromatic carbocycles. The van der Waals surface area contributed by atoms with Gasteiger partial charge in [-0.15, -0.1) is 0 Å². The van der Waals surface area contributed by atoms with Crippen LogP contribution in [0.2, 0.25) is 10.0 Å². The maximum atomic E-state index is 12.2. The van der Waals surface area contributed by atoms with Crippen molar-refractivity contribution >= 4 is 40.9 Å². The third kappa shape index (κ3) is 5.61. The molecule has 0 unspecified atom stereocenters. The molecule has 0 radical (unpaired) electrons. The minimum Gasteiger partial charge on any atom is -0.492 e. The van der Waals surface area contributed by atoms with Crippen molar-refractivity contribution in [2.75, 3.05) is 11.9 Å². The summed E-state index contributed by atoms with van der Waals surface area (Å²) in [7, 11) is 0. The lowest BCUT2D eigenvalue weighted by atomic mass is 10.2. The number of anilines is 1. The van der Waals surface area contributed by atoms with Gasteiger partial charge in [0.05, 0.1) is 12.9 Å². The van der Waals surface area contributed by atoms with Crippen LogP contribution in [-0.4, -0.2) is 22.1 Å². The molecule has 0 fully saturated rings. The fourth-order valence-electron chi connectivity index (χ4n) is 2.36. The summed E-state index contributed by atoms with van der Waals surface area (Å²) < 4.78 is 7.64. The Balaban J connectivity index is 1.57. The highest BCUT2D eigenvalue weighted by Gasteiger charge is 2.04. The Morgan fingerprint density at radius 3 is 2.70 bits per heavy atom. The molecule has 0 aliphatic heterocycles.